The van der Waals surface area contributed by atoms with Crippen molar-refractivity contribution < 1.29 is 14.3 Å². The van der Waals surface area contributed by atoms with E-state index in [1.165, 1.54) is 11.1 Å². The first-order chi connectivity index (χ1) is 14.5. The zero-order chi connectivity index (χ0) is 21.4. The van der Waals surface area contributed by atoms with Crippen LogP contribution in [0, 0.1) is 0 Å². The first kappa shape index (κ1) is 22.5. The molecule has 0 aliphatic heterocycles. The fraction of sp³-hybridized carbons (Fsp3) is 0.500. The highest BCUT2D eigenvalue weighted by atomic mass is 16.6. The molecule has 0 atom stereocenters. The van der Waals surface area contributed by atoms with Gasteiger partial charge in [0.25, 0.3) is 0 Å². The molecular formula is C26H35NO3. The van der Waals surface area contributed by atoms with Crippen LogP contribution in [0.15, 0.2) is 60.7 Å². The van der Waals surface area contributed by atoms with E-state index in [2.05, 4.69) is 65.6 Å². The van der Waals surface area contributed by atoms with E-state index in [4.69, 9.17) is 9.47 Å². The van der Waals surface area contributed by atoms with Gasteiger partial charge in [0.1, 0.15) is 0 Å². The highest BCUT2D eigenvalue weighted by Gasteiger charge is 2.35. The van der Waals surface area contributed by atoms with E-state index < -0.39 is 5.60 Å². The van der Waals surface area contributed by atoms with Crippen molar-refractivity contribution in [3.63, 3.8) is 0 Å². The molecule has 1 saturated carbocycles. The molecule has 4 heteroatoms. The van der Waals surface area contributed by atoms with Crippen molar-refractivity contribution in [2.24, 2.45) is 0 Å². The molecule has 162 valence electrons. The molecule has 0 spiro atoms. The Bertz CT molecular complexity index is 726. The van der Waals surface area contributed by atoms with Crippen LogP contribution >= 0.6 is 0 Å². The lowest BCUT2D eigenvalue weighted by atomic mass is 9.90. The van der Waals surface area contributed by atoms with Gasteiger partial charge in [-0.1, -0.05) is 60.7 Å². The third-order valence-electron chi connectivity index (χ3n) is 5.85. The summed E-state index contributed by atoms with van der Waals surface area (Å²) in [6, 6.07) is 21.9. The van der Waals surface area contributed by atoms with Gasteiger partial charge in [0.05, 0.1) is 12.7 Å². The van der Waals surface area contributed by atoms with E-state index in [0.29, 0.717) is 12.6 Å². The SMILES string of the molecule is CCOC(=O)C(C)(C)OC1CCC(N(Cc2ccccc2)Cc2ccccc2)CC1. The molecule has 0 saturated heterocycles. The predicted octanol–water partition coefficient (Wildman–Crippen LogP) is 5.36. The number of hydrogen-bond donors (Lipinski definition) is 0. The molecule has 4 nitrogen and oxygen atoms in total. The Hall–Kier alpha value is -2.17. The van der Waals surface area contributed by atoms with E-state index in [-0.39, 0.29) is 12.1 Å². The zero-order valence-electron chi connectivity index (χ0n) is 18.5. The molecule has 0 N–H and O–H groups in total. The molecule has 1 aliphatic carbocycles. The number of esters is 1. The van der Waals surface area contributed by atoms with Gasteiger partial charge in [-0.25, -0.2) is 4.79 Å². The van der Waals surface area contributed by atoms with Gasteiger partial charge in [-0.3, -0.25) is 4.90 Å². The summed E-state index contributed by atoms with van der Waals surface area (Å²) in [6.07, 6.45) is 4.18. The van der Waals surface area contributed by atoms with Gasteiger partial charge >= 0.3 is 5.97 Å². The van der Waals surface area contributed by atoms with E-state index >= 15 is 0 Å². The van der Waals surface area contributed by atoms with Crippen molar-refractivity contribution in [1.29, 1.82) is 0 Å². The molecule has 0 radical (unpaired) electrons. The lowest BCUT2D eigenvalue weighted by Gasteiger charge is -2.39. The second kappa shape index (κ2) is 10.7. The number of nitrogens with zero attached hydrogens (tertiary/aromatic N) is 1. The molecule has 1 fully saturated rings. The third-order valence-corrected chi connectivity index (χ3v) is 5.85. The number of hydrogen-bond acceptors (Lipinski definition) is 4. The highest BCUT2D eigenvalue weighted by molar-refractivity contribution is 5.78. The summed E-state index contributed by atoms with van der Waals surface area (Å²) >= 11 is 0. The molecule has 0 amide bonds. The van der Waals surface area contributed by atoms with Crippen molar-refractivity contribution in [2.75, 3.05) is 6.61 Å². The average molecular weight is 410 g/mol. The Morgan fingerprint density at radius 2 is 1.40 bits per heavy atom. The van der Waals surface area contributed by atoms with E-state index in [0.717, 1.165) is 38.8 Å². The third kappa shape index (κ3) is 6.41. The van der Waals surface area contributed by atoms with Crippen molar-refractivity contribution in [3.05, 3.63) is 71.8 Å². The Kier molecular flexibility index (Phi) is 8.06. The molecule has 0 aromatic heterocycles. The van der Waals surface area contributed by atoms with Crippen LogP contribution in [0.4, 0.5) is 0 Å². The molecule has 0 bridgehead atoms. The topological polar surface area (TPSA) is 38.8 Å². The van der Waals surface area contributed by atoms with Gasteiger partial charge in [-0.2, -0.15) is 0 Å². The second-order valence-corrected chi connectivity index (χ2v) is 8.66. The predicted molar refractivity (Wildman–Crippen MR) is 120 cm³/mol. The fourth-order valence-electron chi connectivity index (χ4n) is 4.25. The first-order valence-electron chi connectivity index (χ1n) is 11.1. The normalized spacial score (nSPS) is 19.6. The minimum atomic E-state index is -0.888. The van der Waals surface area contributed by atoms with Gasteiger partial charge in [0.2, 0.25) is 0 Å². The maximum Gasteiger partial charge on any atom is 0.337 e. The van der Waals surface area contributed by atoms with Crippen LogP contribution in [0.5, 0.6) is 0 Å². The Morgan fingerprint density at radius 3 is 1.87 bits per heavy atom. The van der Waals surface area contributed by atoms with Crippen LogP contribution < -0.4 is 0 Å². The summed E-state index contributed by atoms with van der Waals surface area (Å²) < 4.78 is 11.3. The highest BCUT2D eigenvalue weighted by Crippen LogP contribution is 2.30. The van der Waals surface area contributed by atoms with Crippen molar-refractivity contribution in [1.82, 2.24) is 4.90 Å². The molecule has 1 aliphatic rings. The summed E-state index contributed by atoms with van der Waals surface area (Å²) in [5.41, 5.74) is 1.80. The smallest absolute Gasteiger partial charge is 0.337 e. The molecule has 30 heavy (non-hydrogen) atoms. The van der Waals surface area contributed by atoms with Crippen LogP contribution in [0.25, 0.3) is 0 Å². The number of ether oxygens (including phenoxy) is 2. The van der Waals surface area contributed by atoms with Crippen LogP contribution in [0.1, 0.15) is 57.6 Å². The summed E-state index contributed by atoms with van der Waals surface area (Å²) in [7, 11) is 0. The molecule has 0 heterocycles. The van der Waals surface area contributed by atoms with Crippen LogP contribution in [0.3, 0.4) is 0 Å². The summed E-state index contributed by atoms with van der Waals surface area (Å²) in [6.45, 7) is 7.72. The Morgan fingerprint density at radius 1 is 0.900 bits per heavy atom. The van der Waals surface area contributed by atoms with Crippen LogP contribution in [-0.2, 0) is 27.4 Å². The average Bonchev–Trinajstić information content (AvgIpc) is 2.75. The van der Waals surface area contributed by atoms with E-state index in [9.17, 15) is 4.79 Å². The minimum Gasteiger partial charge on any atom is -0.464 e. The monoisotopic (exact) mass is 409 g/mol. The van der Waals surface area contributed by atoms with Gasteiger partial charge in [0, 0.05) is 19.1 Å². The number of benzene rings is 2. The summed E-state index contributed by atoms with van der Waals surface area (Å²) in [5, 5.41) is 0. The molecule has 3 rings (SSSR count). The summed E-state index contributed by atoms with van der Waals surface area (Å²) in [4.78, 5) is 14.8. The molecule has 2 aromatic carbocycles. The minimum absolute atomic E-state index is 0.107. The van der Waals surface area contributed by atoms with Crippen molar-refractivity contribution in [2.45, 2.75) is 77.3 Å². The number of rotatable bonds is 9. The molecular weight excluding hydrogens is 374 g/mol. The fourth-order valence-corrected chi connectivity index (χ4v) is 4.25. The lowest BCUT2D eigenvalue weighted by Crippen LogP contribution is -2.44. The van der Waals surface area contributed by atoms with Gasteiger partial charge < -0.3 is 9.47 Å². The van der Waals surface area contributed by atoms with Crippen LogP contribution in [-0.4, -0.2) is 35.2 Å². The lowest BCUT2D eigenvalue weighted by molar-refractivity contribution is -0.176. The second-order valence-electron chi connectivity index (χ2n) is 8.66. The van der Waals surface area contributed by atoms with E-state index in [1.807, 2.05) is 20.8 Å². The summed E-state index contributed by atoms with van der Waals surface area (Å²) in [5.74, 6) is -0.276. The van der Waals surface area contributed by atoms with Gasteiger partial charge in [-0.05, 0) is 57.6 Å². The van der Waals surface area contributed by atoms with Crippen molar-refractivity contribution in [3.8, 4) is 0 Å². The van der Waals surface area contributed by atoms with Crippen LogP contribution in [0.2, 0.25) is 0 Å². The maximum atomic E-state index is 12.2. The zero-order valence-corrected chi connectivity index (χ0v) is 18.5. The van der Waals surface area contributed by atoms with Gasteiger partial charge in [-0.15, -0.1) is 0 Å². The number of carbonyl (C=O) groups is 1. The Labute approximate surface area is 181 Å². The molecule has 2 aromatic rings. The maximum absolute atomic E-state index is 12.2. The quantitative estimate of drug-likeness (QED) is 0.523. The number of carbonyl (C=O) groups excluding carboxylic acids is 1. The molecule has 0 unspecified atom stereocenters. The van der Waals surface area contributed by atoms with E-state index in [1.54, 1.807) is 0 Å². The Balaban J connectivity index is 1.62. The van der Waals surface area contributed by atoms with Crippen molar-refractivity contribution >= 4 is 5.97 Å². The van der Waals surface area contributed by atoms with Gasteiger partial charge in [0.15, 0.2) is 5.60 Å². The first-order valence-corrected chi connectivity index (χ1v) is 11.1. The standard InChI is InChI=1S/C26H35NO3/c1-4-29-25(28)26(2,3)30-24-17-15-23(16-18-24)27(19-21-11-7-5-8-12-21)20-22-13-9-6-10-14-22/h5-14,23-24H,4,15-20H2,1-3H3. The largest absolute Gasteiger partial charge is 0.464 e.